The van der Waals surface area contributed by atoms with Crippen molar-refractivity contribution in [2.45, 2.75) is 6.54 Å². The number of thioether (sulfide) groups is 1. The van der Waals surface area contributed by atoms with Gasteiger partial charge in [-0.3, -0.25) is 0 Å². The van der Waals surface area contributed by atoms with Crippen LogP contribution in [0, 0.1) is 0 Å². The predicted molar refractivity (Wildman–Crippen MR) is 72.5 cm³/mol. The summed E-state index contributed by atoms with van der Waals surface area (Å²) in [5.41, 5.74) is 1.67. The number of carbonyl (C=O) groups excluding carboxylic acids is 1. The molecule has 94 valence electrons. The summed E-state index contributed by atoms with van der Waals surface area (Å²) in [6, 6.07) is 7.59. The quantitative estimate of drug-likeness (QED) is 0.727. The van der Waals surface area contributed by atoms with Crippen molar-refractivity contribution < 1.29 is 9.53 Å². The molecular weight excluding hydrogens is 234 g/mol. The highest BCUT2D eigenvalue weighted by molar-refractivity contribution is 7.98. The molecule has 0 fully saturated rings. The Bertz CT molecular complexity index is 368. The normalized spacial score (nSPS) is 10.6. The van der Waals surface area contributed by atoms with Gasteiger partial charge in [-0.1, -0.05) is 18.2 Å². The highest BCUT2D eigenvalue weighted by atomic mass is 32.2. The van der Waals surface area contributed by atoms with Gasteiger partial charge in [0.2, 0.25) is 0 Å². The fraction of sp³-hybridized carbons (Fsp3) is 0.462. The van der Waals surface area contributed by atoms with Gasteiger partial charge in [0.15, 0.2) is 0 Å². The van der Waals surface area contributed by atoms with Gasteiger partial charge in [0.05, 0.1) is 12.7 Å². The van der Waals surface area contributed by atoms with E-state index in [0.29, 0.717) is 5.56 Å². The Morgan fingerprint density at radius 3 is 2.76 bits per heavy atom. The predicted octanol–water partition coefficient (Wildman–Crippen LogP) is 2.27. The maximum Gasteiger partial charge on any atom is 0.338 e. The first-order valence-corrected chi connectivity index (χ1v) is 6.92. The molecule has 1 rings (SSSR count). The third-order valence-corrected chi connectivity index (χ3v) is 3.13. The van der Waals surface area contributed by atoms with E-state index in [0.717, 1.165) is 24.4 Å². The molecule has 3 nitrogen and oxygen atoms in total. The Morgan fingerprint density at radius 1 is 1.41 bits per heavy atom. The van der Waals surface area contributed by atoms with Crippen molar-refractivity contribution in [2.75, 3.05) is 32.7 Å². The summed E-state index contributed by atoms with van der Waals surface area (Å²) in [7, 11) is 3.47. The Morgan fingerprint density at radius 2 is 2.12 bits per heavy atom. The van der Waals surface area contributed by atoms with Crippen LogP contribution < -0.4 is 0 Å². The first kappa shape index (κ1) is 14.1. The molecule has 0 saturated heterocycles. The molecule has 1 aromatic carbocycles. The zero-order valence-electron chi connectivity index (χ0n) is 10.6. The molecular formula is C13H19NO2S. The number of hydrogen-bond acceptors (Lipinski definition) is 4. The van der Waals surface area contributed by atoms with Crippen molar-refractivity contribution in [2.24, 2.45) is 0 Å². The minimum atomic E-state index is -0.265. The average Bonchev–Trinajstić information content (AvgIpc) is 2.36. The summed E-state index contributed by atoms with van der Waals surface area (Å²) in [6.07, 6.45) is 2.09. The topological polar surface area (TPSA) is 29.5 Å². The van der Waals surface area contributed by atoms with E-state index in [-0.39, 0.29) is 5.97 Å². The smallest absolute Gasteiger partial charge is 0.338 e. The number of ether oxygens (including phenoxy) is 1. The van der Waals surface area contributed by atoms with Gasteiger partial charge in [0.25, 0.3) is 0 Å². The second-order valence-corrected chi connectivity index (χ2v) is 4.86. The van der Waals surface area contributed by atoms with Gasteiger partial charge in [-0.05, 0) is 24.9 Å². The van der Waals surface area contributed by atoms with Crippen LogP contribution in [0.3, 0.4) is 0 Å². The van der Waals surface area contributed by atoms with Gasteiger partial charge in [0.1, 0.15) is 0 Å². The van der Waals surface area contributed by atoms with E-state index in [4.69, 9.17) is 4.74 Å². The molecule has 0 spiro atoms. The molecule has 0 unspecified atom stereocenters. The molecule has 0 bridgehead atoms. The van der Waals surface area contributed by atoms with E-state index in [9.17, 15) is 4.79 Å². The number of hydrogen-bond donors (Lipinski definition) is 0. The minimum absolute atomic E-state index is 0.265. The SMILES string of the molecule is COC(=O)c1ccccc1CN(C)CCSC. The Balaban J connectivity index is 2.73. The van der Waals surface area contributed by atoms with Crippen LogP contribution in [0.25, 0.3) is 0 Å². The summed E-state index contributed by atoms with van der Waals surface area (Å²) in [4.78, 5) is 13.8. The van der Waals surface area contributed by atoms with Gasteiger partial charge in [-0.15, -0.1) is 0 Å². The molecule has 0 aromatic heterocycles. The summed E-state index contributed by atoms with van der Waals surface area (Å²) >= 11 is 1.82. The van der Waals surface area contributed by atoms with E-state index >= 15 is 0 Å². The Labute approximate surface area is 107 Å². The van der Waals surface area contributed by atoms with Gasteiger partial charge in [-0.25, -0.2) is 4.79 Å². The lowest BCUT2D eigenvalue weighted by atomic mass is 10.1. The number of benzene rings is 1. The fourth-order valence-corrected chi connectivity index (χ4v) is 2.08. The lowest BCUT2D eigenvalue weighted by Crippen LogP contribution is -2.22. The van der Waals surface area contributed by atoms with Crippen molar-refractivity contribution >= 4 is 17.7 Å². The lowest BCUT2D eigenvalue weighted by Gasteiger charge is -2.17. The Kier molecular flexibility index (Phi) is 6.08. The van der Waals surface area contributed by atoms with Crippen molar-refractivity contribution in [3.05, 3.63) is 35.4 Å². The maximum absolute atomic E-state index is 11.6. The van der Waals surface area contributed by atoms with E-state index in [2.05, 4.69) is 18.2 Å². The molecule has 0 radical (unpaired) electrons. The van der Waals surface area contributed by atoms with Gasteiger partial charge < -0.3 is 9.64 Å². The zero-order chi connectivity index (χ0) is 12.7. The van der Waals surface area contributed by atoms with Crippen molar-refractivity contribution in [1.29, 1.82) is 0 Å². The average molecular weight is 253 g/mol. The van der Waals surface area contributed by atoms with Crippen LogP contribution >= 0.6 is 11.8 Å². The molecule has 0 N–H and O–H groups in total. The van der Waals surface area contributed by atoms with Crippen LogP contribution in [-0.2, 0) is 11.3 Å². The second kappa shape index (κ2) is 7.35. The van der Waals surface area contributed by atoms with Crippen molar-refractivity contribution in [1.82, 2.24) is 4.90 Å². The fourth-order valence-electron chi connectivity index (χ4n) is 1.58. The Hall–Kier alpha value is -1.00. The van der Waals surface area contributed by atoms with Crippen molar-refractivity contribution in [3.8, 4) is 0 Å². The van der Waals surface area contributed by atoms with Gasteiger partial charge >= 0.3 is 5.97 Å². The zero-order valence-corrected chi connectivity index (χ0v) is 11.4. The van der Waals surface area contributed by atoms with Crippen LogP contribution in [0.15, 0.2) is 24.3 Å². The van der Waals surface area contributed by atoms with Crippen molar-refractivity contribution in [3.63, 3.8) is 0 Å². The second-order valence-electron chi connectivity index (χ2n) is 3.88. The third-order valence-electron chi connectivity index (χ3n) is 2.54. The van der Waals surface area contributed by atoms with Gasteiger partial charge in [0, 0.05) is 18.8 Å². The third kappa shape index (κ3) is 4.40. The molecule has 0 heterocycles. The monoisotopic (exact) mass is 253 g/mol. The van der Waals surface area contributed by atoms with E-state index in [1.165, 1.54) is 7.11 Å². The summed E-state index contributed by atoms with van der Waals surface area (Å²) < 4.78 is 4.78. The molecule has 0 saturated carbocycles. The molecule has 17 heavy (non-hydrogen) atoms. The van der Waals surface area contributed by atoms with Crippen LogP contribution in [0.5, 0.6) is 0 Å². The molecule has 0 amide bonds. The number of methoxy groups -OCH3 is 1. The minimum Gasteiger partial charge on any atom is -0.465 e. The number of rotatable bonds is 6. The van der Waals surface area contributed by atoms with E-state index in [1.54, 1.807) is 0 Å². The van der Waals surface area contributed by atoms with E-state index < -0.39 is 0 Å². The first-order chi connectivity index (χ1) is 8.19. The van der Waals surface area contributed by atoms with Crippen LogP contribution in [-0.4, -0.2) is 43.6 Å². The molecule has 0 aliphatic heterocycles. The lowest BCUT2D eigenvalue weighted by molar-refractivity contribution is 0.0598. The highest BCUT2D eigenvalue weighted by Crippen LogP contribution is 2.12. The molecule has 1 aromatic rings. The first-order valence-electron chi connectivity index (χ1n) is 5.52. The molecule has 0 aliphatic rings. The molecule has 0 atom stereocenters. The number of nitrogens with zero attached hydrogens (tertiary/aromatic N) is 1. The van der Waals surface area contributed by atoms with Crippen LogP contribution in [0.1, 0.15) is 15.9 Å². The van der Waals surface area contributed by atoms with Crippen LogP contribution in [0.4, 0.5) is 0 Å². The highest BCUT2D eigenvalue weighted by Gasteiger charge is 2.11. The summed E-state index contributed by atoms with van der Waals surface area (Å²) in [5, 5.41) is 0. The number of esters is 1. The largest absolute Gasteiger partial charge is 0.465 e. The van der Waals surface area contributed by atoms with Crippen LogP contribution in [0.2, 0.25) is 0 Å². The maximum atomic E-state index is 11.6. The number of carbonyl (C=O) groups is 1. The molecule has 0 aliphatic carbocycles. The van der Waals surface area contributed by atoms with Gasteiger partial charge in [-0.2, -0.15) is 11.8 Å². The standard InChI is InChI=1S/C13H19NO2S/c1-14(8-9-17-3)10-11-6-4-5-7-12(11)13(15)16-2/h4-7H,8-10H2,1-3H3. The summed E-state index contributed by atoms with van der Waals surface area (Å²) in [5.74, 6) is 0.829. The summed E-state index contributed by atoms with van der Waals surface area (Å²) in [6.45, 7) is 1.78. The van der Waals surface area contributed by atoms with E-state index in [1.807, 2.05) is 36.0 Å². The molecule has 4 heteroatoms.